The van der Waals surface area contributed by atoms with Crippen LogP contribution in [0.1, 0.15) is 28.8 Å². The molecule has 0 aliphatic carbocycles. The van der Waals surface area contributed by atoms with Crippen molar-refractivity contribution < 1.29 is 45.8 Å². The molecule has 4 rings (SSSR count). The van der Waals surface area contributed by atoms with Crippen LogP contribution in [0.25, 0.3) is 0 Å². The van der Waals surface area contributed by atoms with E-state index in [-0.39, 0.29) is 30.2 Å². The van der Waals surface area contributed by atoms with E-state index in [9.17, 15) is 27.6 Å². The summed E-state index contributed by atoms with van der Waals surface area (Å²) in [5, 5.41) is 2.46. The summed E-state index contributed by atoms with van der Waals surface area (Å²) in [6.07, 6.45) is -3.46. The van der Waals surface area contributed by atoms with E-state index < -0.39 is 64.7 Å². The molecule has 0 bridgehead atoms. The second-order valence-electron chi connectivity index (χ2n) is 9.39. The molecular weight excluding hydrogens is 569 g/mol. The lowest BCUT2D eigenvalue weighted by molar-refractivity contribution is -0.274. The molecule has 1 aliphatic rings. The molecule has 224 valence electrons. The zero-order chi connectivity index (χ0) is 30.8. The van der Waals surface area contributed by atoms with Crippen LogP contribution in [0.3, 0.4) is 0 Å². The molecule has 2 amide bonds. The number of carbonyl (C=O) groups excluding carboxylic acids is 2. The molecule has 14 heteroatoms. The van der Waals surface area contributed by atoms with Crippen LogP contribution in [0, 0.1) is 11.6 Å². The maximum atomic E-state index is 15.3. The van der Waals surface area contributed by atoms with Crippen molar-refractivity contribution in [3.05, 3.63) is 87.8 Å². The van der Waals surface area contributed by atoms with Gasteiger partial charge in [-0.1, -0.05) is 0 Å². The summed E-state index contributed by atoms with van der Waals surface area (Å²) in [5.41, 5.74) is -1.33. The van der Waals surface area contributed by atoms with E-state index in [1.54, 1.807) is 0 Å². The number of nitrogens with zero attached hydrogens (tertiary/aromatic N) is 2. The highest BCUT2D eigenvalue weighted by molar-refractivity contribution is 6.05. The van der Waals surface area contributed by atoms with Gasteiger partial charge in [0.2, 0.25) is 0 Å². The Labute approximate surface area is 236 Å². The number of nitrogens with one attached hydrogen (secondary N) is 1. The van der Waals surface area contributed by atoms with Crippen LogP contribution in [-0.4, -0.2) is 55.7 Å². The number of anilines is 1. The Morgan fingerprint density at radius 3 is 2.21 bits per heavy atom. The van der Waals surface area contributed by atoms with Crippen molar-refractivity contribution in [1.82, 2.24) is 9.88 Å². The zero-order valence-electron chi connectivity index (χ0n) is 22.6. The maximum absolute atomic E-state index is 15.3. The van der Waals surface area contributed by atoms with Crippen molar-refractivity contribution in [2.45, 2.75) is 37.8 Å². The Balaban J connectivity index is 1.75. The number of hydrogen-bond donors (Lipinski definition) is 1. The normalized spacial score (nSPS) is 18.7. The van der Waals surface area contributed by atoms with Gasteiger partial charge in [0.1, 0.15) is 34.9 Å². The van der Waals surface area contributed by atoms with Crippen LogP contribution in [-0.2, 0) is 16.1 Å². The first-order valence-corrected chi connectivity index (χ1v) is 12.6. The molecule has 2 heterocycles. The second kappa shape index (κ2) is 12.2. The third kappa shape index (κ3) is 6.22. The summed E-state index contributed by atoms with van der Waals surface area (Å²) >= 11 is 0. The molecule has 0 radical (unpaired) electrons. The summed E-state index contributed by atoms with van der Waals surface area (Å²) < 4.78 is 83.3. The van der Waals surface area contributed by atoms with E-state index in [4.69, 9.17) is 9.47 Å². The molecule has 1 saturated heterocycles. The number of ether oxygens (including phenoxy) is 3. The molecule has 1 fully saturated rings. The first-order valence-electron chi connectivity index (χ1n) is 12.6. The van der Waals surface area contributed by atoms with Gasteiger partial charge in [-0.05, 0) is 43.3 Å². The number of benzene rings is 2. The monoisotopic (exact) mass is 595 g/mol. The lowest BCUT2D eigenvalue weighted by Crippen LogP contribution is -2.44. The Hall–Kier alpha value is -4.46. The van der Waals surface area contributed by atoms with Gasteiger partial charge in [-0.25, -0.2) is 8.78 Å². The topological polar surface area (TPSA) is 99.1 Å². The van der Waals surface area contributed by atoms with Crippen LogP contribution >= 0.6 is 0 Å². The van der Waals surface area contributed by atoms with E-state index in [0.29, 0.717) is 0 Å². The molecule has 0 saturated carbocycles. The number of amides is 2. The third-order valence-electron chi connectivity index (χ3n) is 6.84. The molecule has 1 aromatic heterocycles. The first-order chi connectivity index (χ1) is 19.9. The molecule has 1 aliphatic heterocycles. The Morgan fingerprint density at radius 2 is 1.64 bits per heavy atom. The minimum absolute atomic E-state index is 0.0872. The highest BCUT2D eigenvalue weighted by Crippen LogP contribution is 2.40. The van der Waals surface area contributed by atoms with Crippen LogP contribution in [0.4, 0.5) is 27.6 Å². The Morgan fingerprint density at radius 1 is 1.00 bits per heavy atom. The zero-order valence-corrected chi connectivity index (χ0v) is 22.6. The summed E-state index contributed by atoms with van der Waals surface area (Å²) in [4.78, 5) is 41.3. The highest BCUT2D eigenvalue weighted by Gasteiger charge is 2.50. The van der Waals surface area contributed by atoms with E-state index in [1.807, 2.05) is 0 Å². The average Bonchev–Trinajstić information content (AvgIpc) is 3.15. The Kier molecular flexibility index (Phi) is 8.85. The average molecular weight is 596 g/mol. The lowest BCUT2D eigenvalue weighted by atomic mass is 9.87. The molecule has 2 aromatic carbocycles. The number of carbonyl (C=O) groups is 2. The summed E-state index contributed by atoms with van der Waals surface area (Å²) in [5.74, 6) is -5.85. The molecule has 3 aromatic rings. The van der Waals surface area contributed by atoms with Crippen molar-refractivity contribution in [2.75, 3.05) is 25.7 Å². The standard InChI is InChI=1S/C28H26F5N3O6/c1-15-22(23-19(29)13-18(41-3)14-20(23)30)24(34-25(37)16-6-8-17(9-7-16)42-28(31,32)33)27(39)36(15)21-5-4-10-35(26(21)38)11-12-40-2/h4-10,13-15,22,24H,11-12H2,1-3H3,(H,34,37)/t15-,22-,24-/m0/s1. The van der Waals surface area contributed by atoms with Gasteiger partial charge >= 0.3 is 6.36 Å². The minimum Gasteiger partial charge on any atom is -0.497 e. The lowest BCUT2D eigenvalue weighted by Gasteiger charge is -2.26. The second-order valence-corrected chi connectivity index (χ2v) is 9.39. The molecule has 0 spiro atoms. The van der Waals surface area contributed by atoms with E-state index >= 15 is 8.78 Å². The first kappa shape index (κ1) is 30.5. The Bertz CT molecular complexity index is 1500. The molecule has 42 heavy (non-hydrogen) atoms. The van der Waals surface area contributed by atoms with Gasteiger partial charge in [0, 0.05) is 55.1 Å². The van der Waals surface area contributed by atoms with Crippen LogP contribution < -0.4 is 25.2 Å². The van der Waals surface area contributed by atoms with Crippen molar-refractivity contribution in [1.29, 1.82) is 0 Å². The van der Waals surface area contributed by atoms with Gasteiger partial charge in [-0.15, -0.1) is 13.2 Å². The van der Waals surface area contributed by atoms with Gasteiger partial charge in [0.15, 0.2) is 0 Å². The van der Waals surface area contributed by atoms with Crippen molar-refractivity contribution >= 4 is 17.5 Å². The van der Waals surface area contributed by atoms with Gasteiger partial charge < -0.3 is 29.0 Å². The van der Waals surface area contributed by atoms with Crippen molar-refractivity contribution in [2.24, 2.45) is 0 Å². The van der Waals surface area contributed by atoms with Crippen LogP contribution in [0.15, 0.2) is 59.5 Å². The third-order valence-corrected chi connectivity index (χ3v) is 6.84. The van der Waals surface area contributed by atoms with Crippen LogP contribution in [0.2, 0.25) is 0 Å². The summed E-state index contributed by atoms with van der Waals surface area (Å²) in [6, 6.07) is 6.03. The molecule has 1 N–H and O–H groups in total. The van der Waals surface area contributed by atoms with Crippen molar-refractivity contribution in [3.63, 3.8) is 0 Å². The van der Waals surface area contributed by atoms with E-state index in [1.165, 1.54) is 44.0 Å². The van der Waals surface area contributed by atoms with Crippen LogP contribution in [0.5, 0.6) is 11.5 Å². The van der Waals surface area contributed by atoms with Gasteiger partial charge in [-0.3, -0.25) is 14.4 Å². The summed E-state index contributed by atoms with van der Waals surface area (Å²) in [7, 11) is 2.67. The number of methoxy groups -OCH3 is 2. The highest BCUT2D eigenvalue weighted by atomic mass is 19.4. The van der Waals surface area contributed by atoms with Gasteiger partial charge in [0.05, 0.1) is 13.7 Å². The predicted octanol–water partition coefficient (Wildman–Crippen LogP) is 4.00. The fourth-order valence-electron chi connectivity index (χ4n) is 4.94. The summed E-state index contributed by atoms with van der Waals surface area (Å²) in [6.45, 7) is 1.84. The van der Waals surface area contributed by atoms with E-state index in [2.05, 4.69) is 10.1 Å². The molecule has 9 nitrogen and oxygen atoms in total. The van der Waals surface area contributed by atoms with Crippen molar-refractivity contribution in [3.8, 4) is 11.5 Å². The predicted molar refractivity (Wildman–Crippen MR) is 140 cm³/mol. The van der Waals surface area contributed by atoms with Gasteiger partial charge in [0.25, 0.3) is 17.4 Å². The number of halogens is 5. The van der Waals surface area contributed by atoms with Gasteiger partial charge in [-0.2, -0.15) is 0 Å². The fourth-order valence-corrected chi connectivity index (χ4v) is 4.94. The number of pyridine rings is 1. The number of aromatic nitrogens is 1. The quantitative estimate of drug-likeness (QED) is 0.376. The molecular formula is C28H26F5N3O6. The maximum Gasteiger partial charge on any atom is 0.573 e. The largest absolute Gasteiger partial charge is 0.573 e. The number of rotatable bonds is 9. The molecule has 0 unspecified atom stereocenters. The SMILES string of the molecule is COCCn1cccc(N2C(=O)[C@@H](NC(=O)c3ccc(OC(F)(F)F)cc3)[C@H](c3c(F)cc(OC)cc3F)[C@@H]2C)c1=O. The fraction of sp³-hybridized carbons (Fsp3) is 0.321. The number of hydrogen-bond acceptors (Lipinski definition) is 6. The minimum atomic E-state index is -4.95. The smallest absolute Gasteiger partial charge is 0.497 e. The molecule has 3 atom stereocenters. The van der Waals surface area contributed by atoms with E-state index in [0.717, 1.165) is 41.3 Å². The number of alkyl halides is 3.